The number of nitrogens with zero attached hydrogens (tertiary/aromatic N) is 1. The van der Waals surface area contributed by atoms with Crippen molar-refractivity contribution >= 4 is 0 Å². The second-order valence-corrected chi connectivity index (χ2v) is 4.91. The van der Waals surface area contributed by atoms with E-state index < -0.39 is 0 Å². The molecule has 1 aliphatic rings. The van der Waals surface area contributed by atoms with Gasteiger partial charge in [-0.05, 0) is 44.5 Å². The molecule has 1 aromatic rings. The van der Waals surface area contributed by atoms with Crippen LogP contribution >= 0.6 is 0 Å². The summed E-state index contributed by atoms with van der Waals surface area (Å²) in [6.07, 6.45) is 2.62. The smallest absolute Gasteiger partial charge is 0.120 e. The minimum absolute atomic E-state index is 0.387. The molecule has 1 heterocycles. The fourth-order valence-corrected chi connectivity index (χ4v) is 2.42. The van der Waals surface area contributed by atoms with E-state index in [-0.39, 0.29) is 0 Å². The topological polar surface area (TPSA) is 38.5 Å². The zero-order valence-electron chi connectivity index (χ0n) is 11.6. The molecule has 0 radical (unpaired) electrons. The summed E-state index contributed by atoms with van der Waals surface area (Å²) in [4.78, 5) is 2.48. The summed E-state index contributed by atoms with van der Waals surface area (Å²) < 4.78 is 5.80. The molecular weight excluding hydrogens is 236 g/mol. The Morgan fingerprint density at radius 3 is 3.11 bits per heavy atom. The number of benzene rings is 1. The van der Waals surface area contributed by atoms with Gasteiger partial charge in [-0.15, -0.1) is 0 Å². The maximum absolute atomic E-state index is 5.80. The van der Waals surface area contributed by atoms with Crippen molar-refractivity contribution in [3.05, 3.63) is 29.8 Å². The maximum atomic E-state index is 5.80. The van der Waals surface area contributed by atoms with Crippen LogP contribution in [0.3, 0.4) is 0 Å². The molecule has 2 rings (SSSR count). The normalized spacial score (nSPS) is 18.9. The van der Waals surface area contributed by atoms with Crippen LogP contribution in [0.5, 0.6) is 5.75 Å². The van der Waals surface area contributed by atoms with Crippen LogP contribution in [-0.2, 0) is 0 Å². The number of hydrogen-bond acceptors (Lipinski definition) is 3. The van der Waals surface area contributed by atoms with E-state index in [2.05, 4.69) is 23.7 Å². The van der Waals surface area contributed by atoms with Crippen LogP contribution in [0.25, 0.3) is 0 Å². The van der Waals surface area contributed by atoms with Crippen LogP contribution in [0.15, 0.2) is 24.3 Å². The lowest BCUT2D eigenvalue weighted by molar-refractivity contribution is 0.204. The Morgan fingerprint density at radius 1 is 1.47 bits per heavy atom. The third-order valence-corrected chi connectivity index (χ3v) is 3.51. The molecule has 1 aliphatic heterocycles. The van der Waals surface area contributed by atoms with Gasteiger partial charge >= 0.3 is 0 Å². The van der Waals surface area contributed by atoms with Gasteiger partial charge in [0.1, 0.15) is 12.4 Å². The van der Waals surface area contributed by atoms with E-state index in [9.17, 15) is 0 Å². The summed E-state index contributed by atoms with van der Waals surface area (Å²) in [5, 5.41) is 0. The van der Waals surface area contributed by atoms with E-state index >= 15 is 0 Å². The zero-order valence-corrected chi connectivity index (χ0v) is 11.6. The molecule has 1 fully saturated rings. The first-order chi connectivity index (χ1) is 9.29. The largest absolute Gasteiger partial charge is 0.492 e. The van der Waals surface area contributed by atoms with Crippen molar-refractivity contribution < 1.29 is 4.74 Å². The molecule has 0 aliphatic carbocycles. The van der Waals surface area contributed by atoms with Crippen molar-refractivity contribution in [1.29, 1.82) is 0 Å². The molecular formula is C16H22N2O. The monoisotopic (exact) mass is 258 g/mol. The van der Waals surface area contributed by atoms with Crippen LogP contribution in [0.2, 0.25) is 0 Å². The number of likely N-dealkylation sites (tertiary alicyclic amines) is 1. The summed E-state index contributed by atoms with van der Waals surface area (Å²) >= 11 is 0. The molecule has 3 nitrogen and oxygen atoms in total. The van der Waals surface area contributed by atoms with E-state index in [0.717, 1.165) is 24.5 Å². The highest BCUT2D eigenvalue weighted by atomic mass is 16.5. The van der Waals surface area contributed by atoms with Gasteiger partial charge in [0.2, 0.25) is 0 Å². The first-order valence-corrected chi connectivity index (χ1v) is 6.95. The highest BCUT2D eigenvalue weighted by Gasteiger charge is 2.19. The second-order valence-electron chi connectivity index (χ2n) is 4.91. The molecule has 0 bridgehead atoms. The average molecular weight is 258 g/mol. The van der Waals surface area contributed by atoms with E-state index in [1.807, 2.05) is 24.3 Å². The van der Waals surface area contributed by atoms with Crippen molar-refractivity contribution in [3.8, 4) is 17.6 Å². The molecule has 0 aromatic heterocycles. The predicted octanol–water partition coefficient (Wildman–Crippen LogP) is 1.86. The van der Waals surface area contributed by atoms with Gasteiger partial charge in [-0.3, -0.25) is 4.90 Å². The Bertz CT molecular complexity index is 461. The summed E-state index contributed by atoms with van der Waals surface area (Å²) in [6, 6.07) is 8.58. The Morgan fingerprint density at radius 2 is 2.37 bits per heavy atom. The first kappa shape index (κ1) is 13.9. The number of ether oxygens (including phenoxy) is 1. The van der Waals surface area contributed by atoms with E-state index in [4.69, 9.17) is 10.5 Å². The molecule has 1 aromatic carbocycles. The summed E-state index contributed by atoms with van der Waals surface area (Å²) in [5.74, 6) is 6.76. The highest BCUT2D eigenvalue weighted by Crippen LogP contribution is 2.16. The van der Waals surface area contributed by atoms with Gasteiger partial charge < -0.3 is 10.5 Å². The highest BCUT2D eigenvalue weighted by molar-refractivity contribution is 5.39. The predicted molar refractivity (Wildman–Crippen MR) is 78.1 cm³/mol. The fraction of sp³-hybridized carbons (Fsp3) is 0.500. The number of hydrogen-bond donors (Lipinski definition) is 1. The Hall–Kier alpha value is -1.50. The lowest BCUT2D eigenvalue weighted by Crippen LogP contribution is -2.31. The summed E-state index contributed by atoms with van der Waals surface area (Å²) in [5.41, 5.74) is 6.32. The zero-order chi connectivity index (χ0) is 13.5. The van der Waals surface area contributed by atoms with Crippen molar-refractivity contribution in [2.24, 2.45) is 5.73 Å². The second kappa shape index (κ2) is 7.18. The number of rotatable bonds is 4. The van der Waals surface area contributed by atoms with Crippen LogP contribution in [0, 0.1) is 11.8 Å². The van der Waals surface area contributed by atoms with Crippen molar-refractivity contribution in [2.45, 2.75) is 25.8 Å². The fourth-order valence-electron chi connectivity index (χ4n) is 2.42. The molecule has 0 spiro atoms. The number of nitrogens with two attached hydrogens (primary N) is 1. The molecule has 0 amide bonds. The molecule has 102 valence electrons. The van der Waals surface area contributed by atoms with Gasteiger partial charge in [-0.1, -0.05) is 17.9 Å². The van der Waals surface area contributed by atoms with Gasteiger partial charge in [-0.2, -0.15) is 0 Å². The summed E-state index contributed by atoms with van der Waals surface area (Å²) in [7, 11) is 0. The SMILES string of the molecule is CC1CCCN1CCOc1cccc(C#CCN)c1. The van der Waals surface area contributed by atoms with Crippen LogP contribution < -0.4 is 10.5 Å². The van der Waals surface area contributed by atoms with Crippen LogP contribution in [0.4, 0.5) is 0 Å². The molecule has 3 heteroatoms. The van der Waals surface area contributed by atoms with E-state index in [0.29, 0.717) is 12.6 Å². The maximum Gasteiger partial charge on any atom is 0.120 e. The van der Waals surface area contributed by atoms with Crippen LogP contribution in [-0.4, -0.2) is 37.2 Å². The quantitative estimate of drug-likeness (QED) is 0.838. The van der Waals surface area contributed by atoms with Gasteiger partial charge in [0, 0.05) is 18.2 Å². The van der Waals surface area contributed by atoms with E-state index in [1.54, 1.807) is 0 Å². The Balaban J connectivity index is 1.82. The van der Waals surface area contributed by atoms with Crippen molar-refractivity contribution in [1.82, 2.24) is 4.90 Å². The van der Waals surface area contributed by atoms with Gasteiger partial charge in [0.15, 0.2) is 0 Å². The molecule has 1 unspecified atom stereocenters. The average Bonchev–Trinajstić information content (AvgIpc) is 2.83. The Labute approximate surface area is 115 Å². The Kier molecular flexibility index (Phi) is 5.26. The van der Waals surface area contributed by atoms with Gasteiger partial charge in [0.25, 0.3) is 0 Å². The van der Waals surface area contributed by atoms with Gasteiger partial charge in [-0.25, -0.2) is 0 Å². The lowest BCUT2D eigenvalue weighted by atomic mass is 10.2. The van der Waals surface area contributed by atoms with Crippen LogP contribution in [0.1, 0.15) is 25.3 Å². The molecule has 1 atom stereocenters. The third kappa shape index (κ3) is 4.27. The first-order valence-electron chi connectivity index (χ1n) is 6.95. The molecule has 1 saturated heterocycles. The molecule has 2 N–H and O–H groups in total. The van der Waals surface area contributed by atoms with Crippen molar-refractivity contribution in [2.75, 3.05) is 26.2 Å². The lowest BCUT2D eigenvalue weighted by Gasteiger charge is -2.20. The molecule has 0 saturated carbocycles. The molecule has 19 heavy (non-hydrogen) atoms. The minimum atomic E-state index is 0.387. The van der Waals surface area contributed by atoms with Crippen molar-refractivity contribution in [3.63, 3.8) is 0 Å². The summed E-state index contributed by atoms with van der Waals surface area (Å²) in [6.45, 7) is 5.61. The third-order valence-electron chi connectivity index (χ3n) is 3.51. The standard InChI is InChI=1S/C16H22N2O/c1-14-5-4-10-18(14)11-12-19-16-8-2-6-15(13-16)7-3-9-17/h2,6,8,13-14H,4-5,9-12,17H2,1H3. The van der Waals surface area contributed by atoms with E-state index in [1.165, 1.54) is 19.4 Å². The minimum Gasteiger partial charge on any atom is -0.492 e. The van der Waals surface area contributed by atoms with Gasteiger partial charge in [0.05, 0.1) is 6.54 Å².